The molecule has 6 nitrogen and oxygen atoms in total. The van der Waals surface area contributed by atoms with Gasteiger partial charge in [-0.1, -0.05) is 25.7 Å². The highest BCUT2D eigenvalue weighted by molar-refractivity contribution is 5.94. The molecule has 3 aliphatic rings. The third kappa shape index (κ3) is 6.25. The molecule has 2 saturated heterocycles. The van der Waals surface area contributed by atoms with Crippen molar-refractivity contribution < 1.29 is 14.3 Å². The van der Waals surface area contributed by atoms with E-state index in [1.807, 2.05) is 34.1 Å². The van der Waals surface area contributed by atoms with Gasteiger partial charge in [0.1, 0.15) is 5.75 Å². The minimum absolute atomic E-state index is 0.0476. The molecule has 2 aliphatic heterocycles. The molecule has 0 atom stereocenters. The molecule has 1 saturated carbocycles. The Morgan fingerprint density at radius 2 is 1.41 bits per heavy atom. The van der Waals surface area contributed by atoms with Crippen molar-refractivity contribution in [2.24, 2.45) is 5.92 Å². The van der Waals surface area contributed by atoms with E-state index in [1.54, 1.807) is 0 Å². The molecule has 1 aromatic rings. The Morgan fingerprint density at radius 1 is 0.781 bits per heavy atom. The SMILES string of the molecule is O=C(c1ccc(OCCCN2CCCCC2)cc1)N1CCN(C(=O)C2CCCCC2)CC1. The first-order valence-electron chi connectivity index (χ1n) is 12.7. The second-order valence-corrected chi connectivity index (χ2v) is 9.58. The van der Waals surface area contributed by atoms with Gasteiger partial charge in [-0.2, -0.15) is 0 Å². The summed E-state index contributed by atoms with van der Waals surface area (Å²) in [5, 5.41) is 0. The van der Waals surface area contributed by atoms with Crippen LogP contribution in [0, 0.1) is 5.92 Å². The first kappa shape index (κ1) is 23.1. The molecule has 176 valence electrons. The lowest BCUT2D eigenvalue weighted by Gasteiger charge is -2.37. The number of hydrogen-bond acceptors (Lipinski definition) is 4. The van der Waals surface area contributed by atoms with Crippen LogP contribution in [0.5, 0.6) is 5.75 Å². The van der Waals surface area contributed by atoms with E-state index >= 15 is 0 Å². The largest absolute Gasteiger partial charge is 0.494 e. The molecule has 0 spiro atoms. The summed E-state index contributed by atoms with van der Waals surface area (Å²) in [6.07, 6.45) is 10.7. The van der Waals surface area contributed by atoms with Crippen LogP contribution in [-0.4, -0.2) is 78.9 Å². The Labute approximate surface area is 192 Å². The van der Waals surface area contributed by atoms with Gasteiger partial charge in [0.2, 0.25) is 5.91 Å². The van der Waals surface area contributed by atoms with Gasteiger partial charge in [0, 0.05) is 44.2 Å². The fourth-order valence-electron chi connectivity index (χ4n) is 5.28. The van der Waals surface area contributed by atoms with Gasteiger partial charge >= 0.3 is 0 Å². The van der Waals surface area contributed by atoms with Crippen LogP contribution in [0.3, 0.4) is 0 Å². The van der Waals surface area contributed by atoms with Gasteiger partial charge in [-0.15, -0.1) is 0 Å². The van der Waals surface area contributed by atoms with E-state index in [1.165, 1.54) is 51.6 Å². The first-order chi connectivity index (χ1) is 15.7. The topological polar surface area (TPSA) is 53.1 Å². The summed E-state index contributed by atoms with van der Waals surface area (Å²) in [5.74, 6) is 1.38. The Morgan fingerprint density at radius 3 is 2.09 bits per heavy atom. The van der Waals surface area contributed by atoms with Gasteiger partial charge in [-0.3, -0.25) is 9.59 Å². The number of carbonyl (C=O) groups excluding carboxylic acids is 2. The second-order valence-electron chi connectivity index (χ2n) is 9.58. The van der Waals surface area contributed by atoms with Gasteiger partial charge < -0.3 is 19.4 Å². The molecule has 0 N–H and O–H groups in total. The molecular formula is C26H39N3O3. The lowest BCUT2D eigenvalue weighted by Crippen LogP contribution is -2.52. The summed E-state index contributed by atoms with van der Waals surface area (Å²) >= 11 is 0. The lowest BCUT2D eigenvalue weighted by atomic mass is 9.88. The van der Waals surface area contributed by atoms with Crippen LogP contribution in [0.25, 0.3) is 0 Å². The van der Waals surface area contributed by atoms with Crippen molar-refractivity contribution in [3.63, 3.8) is 0 Å². The van der Waals surface area contributed by atoms with Crippen LogP contribution < -0.4 is 4.74 Å². The summed E-state index contributed by atoms with van der Waals surface area (Å²) in [7, 11) is 0. The fraction of sp³-hybridized carbons (Fsp3) is 0.692. The summed E-state index contributed by atoms with van der Waals surface area (Å²) < 4.78 is 5.88. The van der Waals surface area contributed by atoms with Gasteiger partial charge in [0.15, 0.2) is 0 Å². The number of ether oxygens (including phenoxy) is 1. The van der Waals surface area contributed by atoms with Crippen molar-refractivity contribution in [1.29, 1.82) is 0 Å². The van der Waals surface area contributed by atoms with Crippen molar-refractivity contribution >= 4 is 11.8 Å². The van der Waals surface area contributed by atoms with E-state index in [9.17, 15) is 9.59 Å². The van der Waals surface area contributed by atoms with E-state index in [-0.39, 0.29) is 11.8 Å². The average Bonchev–Trinajstić information content (AvgIpc) is 2.87. The zero-order chi connectivity index (χ0) is 22.2. The Kier molecular flexibility index (Phi) is 8.43. The Balaban J connectivity index is 1.18. The number of hydrogen-bond donors (Lipinski definition) is 0. The van der Waals surface area contributed by atoms with Crippen molar-refractivity contribution in [3.8, 4) is 5.75 Å². The van der Waals surface area contributed by atoms with E-state index < -0.39 is 0 Å². The normalized spacial score (nSPS) is 20.9. The number of piperidine rings is 1. The van der Waals surface area contributed by atoms with Crippen LogP contribution in [0.2, 0.25) is 0 Å². The molecule has 32 heavy (non-hydrogen) atoms. The third-order valence-corrected chi connectivity index (χ3v) is 7.27. The van der Waals surface area contributed by atoms with E-state index in [0.717, 1.165) is 31.6 Å². The van der Waals surface area contributed by atoms with Crippen molar-refractivity contribution in [1.82, 2.24) is 14.7 Å². The summed E-state index contributed by atoms with van der Waals surface area (Å²) in [5.41, 5.74) is 0.692. The summed E-state index contributed by atoms with van der Waals surface area (Å²) in [6, 6.07) is 7.53. The number of carbonyl (C=O) groups is 2. The number of amides is 2. The van der Waals surface area contributed by atoms with E-state index in [0.29, 0.717) is 44.3 Å². The zero-order valence-corrected chi connectivity index (χ0v) is 19.5. The number of likely N-dealkylation sites (tertiary alicyclic amines) is 1. The lowest BCUT2D eigenvalue weighted by molar-refractivity contribution is -0.138. The van der Waals surface area contributed by atoms with Gasteiger partial charge in [-0.05, 0) is 69.5 Å². The predicted octanol–water partition coefficient (Wildman–Crippen LogP) is 3.81. The van der Waals surface area contributed by atoms with Crippen molar-refractivity contribution in [3.05, 3.63) is 29.8 Å². The molecule has 0 unspecified atom stereocenters. The predicted molar refractivity (Wildman–Crippen MR) is 126 cm³/mol. The fourth-order valence-corrected chi connectivity index (χ4v) is 5.28. The Bertz CT molecular complexity index is 731. The maximum atomic E-state index is 12.9. The minimum Gasteiger partial charge on any atom is -0.494 e. The van der Waals surface area contributed by atoms with Crippen molar-refractivity contribution in [2.75, 3.05) is 52.4 Å². The number of benzene rings is 1. The molecule has 3 fully saturated rings. The van der Waals surface area contributed by atoms with Crippen LogP contribution in [0.15, 0.2) is 24.3 Å². The Hall–Kier alpha value is -2.08. The number of rotatable bonds is 7. The molecule has 0 radical (unpaired) electrons. The molecule has 0 aromatic heterocycles. The highest BCUT2D eigenvalue weighted by Gasteiger charge is 2.29. The molecule has 2 heterocycles. The van der Waals surface area contributed by atoms with Crippen LogP contribution in [0.4, 0.5) is 0 Å². The summed E-state index contributed by atoms with van der Waals surface area (Å²) in [4.78, 5) is 32.0. The smallest absolute Gasteiger partial charge is 0.253 e. The molecule has 1 aliphatic carbocycles. The molecule has 2 amide bonds. The minimum atomic E-state index is 0.0476. The first-order valence-corrected chi connectivity index (χ1v) is 12.7. The van der Waals surface area contributed by atoms with E-state index in [4.69, 9.17) is 4.74 Å². The molecule has 0 bridgehead atoms. The van der Waals surface area contributed by atoms with Gasteiger partial charge in [-0.25, -0.2) is 0 Å². The zero-order valence-electron chi connectivity index (χ0n) is 19.5. The molecular weight excluding hydrogens is 402 g/mol. The highest BCUT2D eigenvalue weighted by Crippen LogP contribution is 2.26. The average molecular weight is 442 g/mol. The monoisotopic (exact) mass is 441 g/mol. The number of nitrogens with zero attached hydrogens (tertiary/aromatic N) is 3. The van der Waals surface area contributed by atoms with Crippen LogP contribution in [0.1, 0.15) is 68.1 Å². The summed E-state index contributed by atoms with van der Waals surface area (Å²) in [6.45, 7) is 6.79. The molecule has 4 rings (SSSR count). The third-order valence-electron chi connectivity index (χ3n) is 7.27. The van der Waals surface area contributed by atoms with Gasteiger partial charge in [0.25, 0.3) is 5.91 Å². The van der Waals surface area contributed by atoms with Gasteiger partial charge in [0.05, 0.1) is 6.61 Å². The second kappa shape index (κ2) is 11.7. The van der Waals surface area contributed by atoms with Crippen LogP contribution >= 0.6 is 0 Å². The highest BCUT2D eigenvalue weighted by atomic mass is 16.5. The van der Waals surface area contributed by atoms with Crippen molar-refractivity contribution in [2.45, 2.75) is 57.8 Å². The molecule has 1 aromatic carbocycles. The maximum Gasteiger partial charge on any atom is 0.253 e. The molecule has 6 heteroatoms. The number of piperazine rings is 1. The maximum absolute atomic E-state index is 12.9. The van der Waals surface area contributed by atoms with Crippen LogP contribution in [-0.2, 0) is 4.79 Å². The van der Waals surface area contributed by atoms with E-state index in [2.05, 4.69) is 4.90 Å². The quantitative estimate of drug-likeness (QED) is 0.604. The standard InChI is InChI=1S/C26H39N3O3/c30-25(22-8-3-1-4-9-22)28-17-19-29(20-18-28)26(31)23-10-12-24(13-11-23)32-21-7-16-27-14-5-2-6-15-27/h10-13,22H,1-9,14-21H2.